The summed E-state index contributed by atoms with van der Waals surface area (Å²) in [7, 11) is 3.74. The Morgan fingerprint density at radius 3 is 2.79 bits per heavy atom. The van der Waals surface area contributed by atoms with Crippen molar-refractivity contribution in [1.82, 2.24) is 14.9 Å². The molecule has 1 N–H and O–H groups in total. The van der Waals surface area contributed by atoms with Crippen LogP contribution in [0.3, 0.4) is 0 Å². The maximum Gasteiger partial charge on any atom is 0.255 e. The Balaban J connectivity index is 1.59. The van der Waals surface area contributed by atoms with Crippen molar-refractivity contribution < 1.29 is 4.79 Å². The molecule has 1 atom stereocenters. The molecular weight excluding hydrogens is 352 g/mol. The average Bonchev–Trinajstić information content (AvgIpc) is 3.05. The van der Waals surface area contributed by atoms with Gasteiger partial charge in [0.05, 0.1) is 5.69 Å². The minimum atomic E-state index is -0.206. The summed E-state index contributed by atoms with van der Waals surface area (Å²) >= 11 is 0. The predicted octanol–water partition coefficient (Wildman–Crippen LogP) is 2.36. The number of H-pyrrole nitrogens is 1. The second-order valence-corrected chi connectivity index (χ2v) is 8.00. The molecule has 1 aliphatic heterocycles. The van der Waals surface area contributed by atoms with E-state index in [4.69, 9.17) is 4.98 Å². The van der Waals surface area contributed by atoms with Crippen molar-refractivity contribution in [2.75, 3.05) is 32.1 Å². The number of hydrogen-bond donors (Lipinski definition) is 1. The third-order valence-electron chi connectivity index (χ3n) is 5.89. The lowest BCUT2D eigenvalue weighted by atomic mass is 9.77. The van der Waals surface area contributed by atoms with Crippen LogP contribution in [0, 0.1) is 0 Å². The number of carbonyl (C=O) groups excluding carboxylic acids is 1. The van der Waals surface area contributed by atoms with Gasteiger partial charge in [-0.15, -0.1) is 0 Å². The van der Waals surface area contributed by atoms with E-state index in [9.17, 15) is 9.59 Å². The summed E-state index contributed by atoms with van der Waals surface area (Å²) in [6.07, 6.45) is 7.01. The molecule has 6 nitrogen and oxygen atoms in total. The van der Waals surface area contributed by atoms with Gasteiger partial charge < -0.3 is 9.80 Å². The van der Waals surface area contributed by atoms with Gasteiger partial charge in [-0.25, -0.2) is 4.98 Å². The number of hydrogen-bond acceptors (Lipinski definition) is 4. The molecule has 2 aromatic rings. The zero-order chi connectivity index (χ0) is 19.7. The van der Waals surface area contributed by atoms with Crippen molar-refractivity contribution in [3.05, 3.63) is 63.6 Å². The first-order chi connectivity index (χ1) is 13.5. The Morgan fingerprint density at radius 1 is 1.25 bits per heavy atom. The molecule has 1 aromatic heterocycles. The summed E-state index contributed by atoms with van der Waals surface area (Å²) in [5.41, 5.74) is 2.45. The maximum atomic E-state index is 12.8. The van der Waals surface area contributed by atoms with Crippen LogP contribution in [0.5, 0.6) is 0 Å². The number of rotatable bonds is 3. The van der Waals surface area contributed by atoms with Crippen molar-refractivity contribution in [2.24, 2.45) is 0 Å². The van der Waals surface area contributed by atoms with Gasteiger partial charge in [-0.05, 0) is 37.3 Å². The van der Waals surface area contributed by atoms with E-state index >= 15 is 0 Å². The number of nitrogens with zero attached hydrogens (tertiary/aromatic N) is 3. The Hall–Kier alpha value is -2.89. The molecule has 146 valence electrons. The molecule has 1 spiro atoms. The monoisotopic (exact) mass is 378 g/mol. The van der Waals surface area contributed by atoms with Gasteiger partial charge in [-0.3, -0.25) is 14.6 Å². The quantitative estimate of drug-likeness (QED) is 0.833. The molecule has 0 radical (unpaired) electrons. The molecule has 1 amide bonds. The van der Waals surface area contributed by atoms with Crippen LogP contribution < -0.4 is 10.5 Å². The van der Waals surface area contributed by atoms with Crippen LogP contribution in [-0.2, 0) is 16.6 Å². The van der Waals surface area contributed by atoms with Crippen molar-refractivity contribution in [2.45, 2.75) is 31.1 Å². The lowest BCUT2D eigenvalue weighted by Gasteiger charge is -2.40. The lowest BCUT2D eigenvalue weighted by Crippen LogP contribution is -2.47. The summed E-state index contributed by atoms with van der Waals surface area (Å²) in [5.74, 6) is 0.603. The number of piperidine rings is 1. The molecule has 1 aliphatic carbocycles. The third kappa shape index (κ3) is 3.35. The second-order valence-electron chi connectivity index (χ2n) is 8.00. The van der Waals surface area contributed by atoms with Gasteiger partial charge in [-0.1, -0.05) is 30.3 Å². The van der Waals surface area contributed by atoms with E-state index in [0.717, 1.165) is 49.0 Å². The Morgan fingerprint density at radius 2 is 2.04 bits per heavy atom. The number of aromatic amines is 1. The highest BCUT2D eigenvalue weighted by atomic mass is 16.2. The first kappa shape index (κ1) is 18.5. The molecule has 0 bridgehead atoms. The van der Waals surface area contributed by atoms with Gasteiger partial charge >= 0.3 is 0 Å². The zero-order valence-electron chi connectivity index (χ0n) is 16.4. The Bertz CT molecular complexity index is 964. The minimum Gasteiger partial charge on any atom is -0.348 e. The first-order valence-corrected chi connectivity index (χ1v) is 9.82. The van der Waals surface area contributed by atoms with Gasteiger partial charge in [0.25, 0.3) is 5.56 Å². The lowest BCUT2D eigenvalue weighted by molar-refractivity contribution is -0.128. The standard InChI is InChI=1S/C22H26N4O2/c1-25(2)21-23-19-17(20(28)24-21)11-13-22(19)12-6-14-26(15-22)18(27)10-9-16-7-4-3-5-8-16/h3-5,7-10H,6,11-15H2,1-2H3,(H,23,24,28)/b10-9+. The molecular formula is C22H26N4O2. The molecule has 1 fully saturated rings. The average molecular weight is 378 g/mol. The summed E-state index contributed by atoms with van der Waals surface area (Å²) in [4.78, 5) is 36.7. The van der Waals surface area contributed by atoms with E-state index in [2.05, 4.69) is 4.98 Å². The number of aromatic nitrogens is 2. The minimum absolute atomic E-state index is 0.0223. The second kappa shape index (κ2) is 7.26. The van der Waals surface area contributed by atoms with Crippen LogP contribution in [0.15, 0.2) is 41.2 Å². The fourth-order valence-electron chi connectivity index (χ4n) is 4.41. The van der Waals surface area contributed by atoms with E-state index < -0.39 is 0 Å². The van der Waals surface area contributed by atoms with Crippen molar-refractivity contribution in [3.63, 3.8) is 0 Å². The van der Waals surface area contributed by atoms with Crippen molar-refractivity contribution in [1.29, 1.82) is 0 Å². The van der Waals surface area contributed by atoms with Crippen molar-refractivity contribution >= 4 is 17.9 Å². The van der Waals surface area contributed by atoms with E-state index in [0.29, 0.717) is 12.5 Å². The molecule has 1 saturated heterocycles. The largest absolute Gasteiger partial charge is 0.348 e. The fourth-order valence-corrected chi connectivity index (χ4v) is 4.41. The highest BCUT2D eigenvalue weighted by Crippen LogP contribution is 2.43. The SMILES string of the molecule is CN(C)c1nc2c(c(=O)[nH]1)CCC21CCCN(C(=O)/C=C/c2ccccc2)C1. The highest BCUT2D eigenvalue weighted by molar-refractivity contribution is 5.92. The smallest absolute Gasteiger partial charge is 0.255 e. The fraction of sp³-hybridized carbons (Fsp3) is 0.409. The molecule has 6 heteroatoms. The van der Waals surface area contributed by atoms with E-state index in [1.165, 1.54) is 0 Å². The topological polar surface area (TPSA) is 69.3 Å². The number of nitrogens with one attached hydrogen (secondary N) is 1. The molecule has 1 aromatic carbocycles. The molecule has 1 unspecified atom stereocenters. The highest BCUT2D eigenvalue weighted by Gasteiger charge is 2.45. The van der Waals surface area contributed by atoms with E-state index in [1.54, 1.807) is 6.08 Å². The number of likely N-dealkylation sites (tertiary alicyclic amines) is 1. The van der Waals surface area contributed by atoms with Crippen LogP contribution in [-0.4, -0.2) is 48.0 Å². The Labute approximate surface area is 164 Å². The normalized spacial score (nSPS) is 21.3. The van der Waals surface area contributed by atoms with Gasteiger partial charge in [0.15, 0.2) is 0 Å². The van der Waals surface area contributed by atoms with Crippen LogP contribution in [0.2, 0.25) is 0 Å². The number of amides is 1. The van der Waals surface area contributed by atoms with Crippen LogP contribution in [0.1, 0.15) is 36.1 Å². The summed E-state index contributed by atoms with van der Waals surface area (Å²) < 4.78 is 0. The van der Waals surface area contributed by atoms with Crippen LogP contribution in [0.25, 0.3) is 6.08 Å². The van der Waals surface area contributed by atoms with E-state index in [1.807, 2.05) is 60.3 Å². The summed E-state index contributed by atoms with van der Waals surface area (Å²) in [6, 6.07) is 9.84. The third-order valence-corrected chi connectivity index (χ3v) is 5.89. The molecule has 2 heterocycles. The van der Waals surface area contributed by atoms with Crippen molar-refractivity contribution in [3.8, 4) is 0 Å². The summed E-state index contributed by atoms with van der Waals surface area (Å²) in [5, 5.41) is 0. The van der Waals surface area contributed by atoms with E-state index in [-0.39, 0.29) is 16.9 Å². The number of anilines is 1. The molecule has 28 heavy (non-hydrogen) atoms. The van der Waals surface area contributed by atoms with Gasteiger partial charge in [0.2, 0.25) is 11.9 Å². The Kier molecular flexibility index (Phi) is 4.79. The van der Waals surface area contributed by atoms with Crippen LogP contribution >= 0.6 is 0 Å². The summed E-state index contributed by atoms with van der Waals surface area (Å²) in [6.45, 7) is 1.38. The van der Waals surface area contributed by atoms with Gasteiger partial charge in [-0.2, -0.15) is 0 Å². The first-order valence-electron chi connectivity index (χ1n) is 9.82. The molecule has 0 saturated carbocycles. The van der Waals surface area contributed by atoms with Gasteiger partial charge in [0, 0.05) is 44.2 Å². The molecule has 2 aliphatic rings. The number of carbonyl (C=O) groups is 1. The molecule has 4 rings (SSSR count). The van der Waals surface area contributed by atoms with Gasteiger partial charge in [0.1, 0.15) is 0 Å². The number of fused-ring (bicyclic) bond motifs is 2. The zero-order valence-corrected chi connectivity index (χ0v) is 16.4. The van der Waals surface area contributed by atoms with Crippen LogP contribution in [0.4, 0.5) is 5.95 Å². The maximum absolute atomic E-state index is 12.8. The number of benzene rings is 1. The predicted molar refractivity (Wildman–Crippen MR) is 110 cm³/mol.